The molecule has 0 radical (unpaired) electrons. The van der Waals surface area contributed by atoms with Crippen LogP contribution in [-0.2, 0) is 11.3 Å². The van der Waals surface area contributed by atoms with Crippen LogP contribution >= 0.6 is 11.8 Å². The molecular formula is C20H28N4O2S. The van der Waals surface area contributed by atoms with Crippen LogP contribution in [0.3, 0.4) is 0 Å². The minimum absolute atomic E-state index is 0.0890. The third kappa shape index (κ3) is 4.75. The molecule has 0 saturated heterocycles. The largest absolute Gasteiger partial charge is 0.467 e. The molecule has 1 N–H and O–H groups in total. The minimum Gasteiger partial charge on any atom is -0.467 e. The Morgan fingerprint density at radius 2 is 2.11 bits per heavy atom. The van der Waals surface area contributed by atoms with Crippen LogP contribution < -0.4 is 5.32 Å². The molecule has 27 heavy (non-hydrogen) atoms. The van der Waals surface area contributed by atoms with Gasteiger partial charge in [0.1, 0.15) is 11.6 Å². The van der Waals surface area contributed by atoms with E-state index >= 15 is 0 Å². The van der Waals surface area contributed by atoms with E-state index in [1.54, 1.807) is 6.26 Å². The quantitative estimate of drug-likeness (QED) is 0.693. The fourth-order valence-electron chi connectivity index (χ4n) is 3.73. The Morgan fingerprint density at radius 3 is 2.81 bits per heavy atom. The summed E-state index contributed by atoms with van der Waals surface area (Å²) >= 11 is 1.49. The number of furan rings is 1. The fraction of sp³-hybridized carbons (Fsp3) is 0.650. The predicted octanol–water partition coefficient (Wildman–Crippen LogP) is 3.97. The zero-order valence-corrected chi connectivity index (χ0v) is 16.7. The van der Waals surface area contributed by atoms with Gasteiger partial charge in [0.15, 0.2) is 5.16 Å². The summed E-state index contributed by atoms with van der Waals surface area (Å²) in [7, 11) is 0. The highest BCUT2D eigenvalue weighted by Crippen LogP contribution is 2.40. The second kappa shape index (κ2) is 8.50. The summed E-state index contributed by atoms with van der Waals surface area (Å²) in [5.74, 6) is 3.13. The van der Waals surface area contributed by atoms with Crippen LogP contribution in [0, 0.1) is 5.92 Å². The van der Waals surface area contributed by atoms with Crippen molar-refractivity contribution in [2.24, 2.45) is 5.92 Å². The van der Waals surface area contributed by atoms with Gasteiger partial charge in [-0.25, -0.2) is 0 Å². The van der Waals surface area contributed by atoms with Crippen molar-refractivity contribution in [1.82, 2.24) is 20.1 Å². The molecule has 2 saturated carbocycles. The molecular weight excluding hydrogens is 360 g/mol. The van der Waals surface area contributed by atoms with E-state index in [9.17, 15) is 4.79 Å². The molecule has 2 fully saturated rings. The Kier molecular flexibility index (Phi) is 5.86. The van der Waals surface area contributed by atoms with Crippen molar-refractivity contribution >= 4 is 17.7 Å². The summed E-state index contributed by atoms with van der Waals surface area (Å²) in [6.45, 7) is 3.37. The highest BCUT2D eigenvalue weighted by atomic mass is 32.2. The van der Waals surface area contributed by atoms with E-state index in [-0.39, 0.29) is 11.2 Å². The Labute approximate surface area is 164 Å². The maximum Gasteiger partial charge on any atom is 0.233 e. The first kappa shape index (κ1) is 18.6. The Bertz CT molecular complexity index is 748. The minimum atomic E-state index is -0.194. The zero-order valence-electron chi connectivity index (χ0n) is 15.9. The van der Waals surface area contributed by atoms with Gasteiger partial charge in [0.25, 0.3) is 0 Å². The van der Waals surface area contributed by atoms with E-state index in [4.69, 9.17) is 4.42 Å². The summed E-state index contributed by atoms with van der Waals surface area (Å²) in [4.78, 5) is 12.6. The molecule has 0 aliphatic heterocycles. The van der Waals surface area contributed by atoms with Crippen molar-refractivity contribution in [1.29, 1.82) is 0 Å². The highest BCUT2D eigenvalue weighted by molar-refractivity contribution is 8.00. The molecule has 2 heterocycles. The Hall–Kier alpha value is -1.76. The van der Waals surface area contributed by atoms with Gasteiger partial charge in [0.2, 0.25) is 5.91 Å². The van der Waals surface area contributed by atoms with Crippen molar-refractivity contribution in [2.45, 2.75) is 74.7 Å². The standard InChI is InChI=1S/C20H28N4O2S/c1-14(19(25)21-12-15-6-3-2-4-7-15)27-20-23-22-18(16-9-10-16)24(20)13-17-8-5-11-26-17/h5,8,11,14-16H,2-4,6-7,9-10,12-13H2,1H3,(H,21,25). The number of nitrogens with zero attached hydrogens (tertiary/aromatic N) is 3. The number of amides is 1. The van der Waals surface area contributed by atoms with Gasteiger partial charge in [0, 0.05) is 12.5 Å². The molecule has 7 heteroatoms. The molecule has 6 nitrogen and oxygen atoms in total. The molecule has 0 aromatic carbocycles. The van der Waals surface area contributed by atoms with Crippen LogP contribution in [0.5, 0.6) is 0 Å². The molecule has 2 aliphatic rings. The molecule has 2 aromatic rings. The van der Waals surface area contributed by atoms with E-state index in [1.807, 2.05) is 19.1 Å². The van der Waals surface area contributed by atoms with Crippen LogP contribution in [0.25, 0.3) is 0 Å². The summed E-state index contributed by atoms with van der Waals surface area (Å²) in [6.07, 6.45) is 10.4. The van der Waals surface area contributed by atoms with Crippen LogP contribution in [0.1, 0.15) is 69.4 Å². The number of thioether (sulfide) groups is 1. The summed E-state index contributed by atoms with van der Waals surface area (Å²) < 4.78 is 7.63. The van der Waals surface area contributed by atoms with Crippen LogP contribution in [0.15, 0.2) is 28.0 Å². The lowest BCUT2D eigenvalue weighted by Gasteiger charge is -2.22. The smallest absolute Gasteiger partial charge is 0.233 e. The zero-order chi connectivity index (χ0) is 18.6. The van der Waals surface area contributed by atoms with Crippen molar-refractivity contribution in [3.63, 3.8) is 0 Å². The lowest BCUT2D eigenvalue weighted by molar-refractivity contribution is -0.120. The second-order valence-electron chi connectivity index (χ2n) is 7.79. The van der Waals surface area contributed by atoms with Gasteiger partial charge in [-0.2, -0.15) is 0 Å². The molecule has 2 aromatic heterocycles. The Morgan fingerprint density at radius 1 is 1.30 bits per heavy atom. The normalized spacial score (nSPS) is 19.1. The SMILES string of the molecule is CC(Sc1nnc(C2CC2)n1Cc1ccco1)C(=O)NCC1CCCCC1. The highest BCUT2D eigenvalue weighted by Gasteiger charge is 2.31. The first-order valence-electron chi connectivity index (χ1n) is 10.1. The molecule has 1 atom stereocenters. The van der Waals surface area contributed by atoms with E-state index in [0.717, 1.165) is 23.3 Å². The summed E-state index contributed by atoms with van der Waals surface area (Å²) in [5.41, 5.74) is 0. The molecule has 146 valence electrons. The first-order chi connectivity index (χ1) is 13.2. The molecule has 1 unspecified atom stereocenters. The summed E-state index contributed by atoms with van der Waals surface area (Å²) in [5, 5.41) is 12.5. The molecule has 4 rings (SSSR count). The topological polar surface area (TPSA) is 73.0 Å². The van der Waals surface area contributed by atoms with Gasteiger partial charge in [-0.15, -0.1) is 10.2 Å². The number of carbonyl (C=O) groups is 1. The summed E-state index contributed by atoms with van der Waals surface area (Å²) in [6, 6.07) is 3.86. The average molecular weight is 389 g/mol. The van der Waals surface area contributed by atoms with Crippen molar-refractivity contribution in [3.05, 3.63) is 30.0 Å². The van der Waals surface area contributed by atoms with Gasteiger partial charge in [-0.1, -0.05) is 31.0 Å². The van der Waals surface area contributed by atoms with Crippen LogP contribution in [0.4, 0.5) is 0 Å². The maximum absolute atomic E-state index is 12.6. The second-order valence-corrected chi connectivity index (χ2v) is 9.10. The monoisotopic (exact) mass is 388 g/mol. The molecule has 2 aliphatic carbocycles. The van der Waals surface area contributed by atoms with Crippen LogP contribution in [-0.4, -0.2) is 32.5 Å². The van der Waals surface area contributed by atoms with Crippen molar-refractivity contribution < 1.29 is 9.21 Å². The number of carbonyl (C=O) groups excluding carboxylic acids is 1. The van der Waals surface area contributed by atoms with Gasteiger partial charge in [-0.05, 0) is 50.7 Å². The number of aromatic nitrogens is 3. The van der Waals surface area contributed by atoms with Gasteiger partial charge < -0.3 is 9.73 Å². The van der Waals surface area contributed by atoms with Gasteiger partial charge in [0.05, 0.1) is 18.1 Å². The first-order valence-corrected chi connectivity index (χ1v) is 11.0. The number of hydrogen-bond donors (Lipinski definition) is 1. The van der Waals surface area contributed by atoms with E-state index in [2.05, 4.69) is 20.1 Å². The van der Waals surface area contributed by atoms with Crippen molar-refractivity contribution in [3.8, 4) is 0 Å². The lowest BCUT2D eigenvalue weighted by atomic mass is 9.89. The third-order valence-electron chi connectivity index (χ3n) is 5.52. The molecule has 1 amide bonds. The predicted molar refractivity (Wildman–Crippen MR) is 105 cm³/mol. The number of hydrogen-bond acceptors (Lipinski definition) is 5. The van der Waals surface area contributed by atoms with Crippen LogP contribution in [0.2, 0.25) is 0 Å². The maximum atomic E-state index is 12.6. The van der Waals surface area contributed by atoms with E-state index in [1.165, 1.54) is 56.7 Å². The van der Waals surface area contributed by atoms with Gasteiger partial charge in [-0.3, -0.25) is 9.36 Å². The Balaban J connectivity index is 1.38. The molecule has 0 spiro atoms. The number of nitrogens with one attached hydrogen (secondary N) is 1. The fourth-order valence-corrected chi connectivity index (χ4v) is 4.61. The average Bonchev–Trinajstić information content (AvgIpc) is 3.26. The van der Waals surface area contributed by atoms with Crippen molar-refractivity contribution in [2.75, 3.05) is 6.54 Å². The van der Waals surface area contributed by atoms with E-state index < -0.39 is 0 Å². The number of rotatable bonds is 8. The lowest BCUT2D eigenvalue weighted by Crippen LogP contribution is -2.35. The molecule has 0 bridgehead atoms. The third-order valence-corrected chi connectivity index (χ3v) is 6.60. The van der Waals surface area contributed by atoms with E-state index in [0.29, 0.717) is 18.4 Å². The van der Waals surface area contributed by atoms with Gasteiger partial charge >= 0.3 is 0 Å².